The van der Waals surface area contributed by atoms with Gasteiger partial charge in [0.25, 0.3) is 5.91 Å². The number of amides is 1. The first-order valence-corrected chi connectivity index (χ1v) is 7.32. The Kier molecular flexibility index (Phi) is 5.52. The summed E-state index contributed by atoms with van der Waals surface area (Å²) in [4.78, 5) is 24.0. The summed E-state index contributed by atoms with van der Waals surface area (Å²) in [5.74, 6) is -1.90. The van der Waals surface area contributed by atoms with E-state index in [0.717, 1.165) is 11.6 Å². The summed E-state index contributed by atoms with van der Waals surface area (Å²) in [6.07, 6.45) is -1.07. The van der Waals surface area contributed by atoms with Crippen LogP contribution in [-0.4, -0.2) is 25.1 Å². The number of methoxy groups -OCH3 is 1. The third-order valence-electron chi connectivity index (χ3n) is 3.37. The number of hydrogen-bond acceptors (Lipinski definition) is 4. The molecule has 126 valence electrons. The normalized spacial score (nSPS) is 11.5. The first-order valence-electron chi connectivity index (χ1n) is 7.32. The van der Waals surface area contributed by atoms with E-state index in [1.54, 1.807) is 12.1 Å². The van der Waals surface area contributed by atoms with Gasteiger partial charge in [-0.2, -0.15) is 0 Å². The lowest BCUT2D eigenvalue weighted by molar-refractivity contribution is -0.123. The molecule has 2 rings (SSSR count). The van der Waals surface area contributed by atoms with E-state index in [-0.39, 0.29) is 11.3 Å². The Morgan fingerprint density at radius 1 is 1.12 bits per heavy atom. The first kappa shape index (κ1) is 17.5. The van der Waals surface area contributed by atoms with Crippen LogP contribution in [0.1, 0.15) is 22.8 Å². The van der Waals surface area contributed by atoms with Crippen LogP contribution in [0.5, 0.6) is 5.75 Å². The number of hydrogen-bond donors (Lipinski definition) is 1. The topological polar surface area (TPSA) is 64.6 Å². The van der Waals surface area contributed by atoms with Gasteiger partial charge in [0.15, 0.2) is 6.10 Å². The third-order valence-corrected chi connectivity index (χ3v) is 3.37. The van der Waals surface area contributed by atoms with E-state index in [4.69, 9.17) is 9.47 Å². The van der Waals surface area contributed by atoms with Crippen molar-refractivity contribution in [3.63, 3.8) is 0 Å². The largest absolute Gasteiger partial charge is 0.497 e. The summed E-state index contributed by atoms with van der Waals surface area (Å²) in [6, 6.07) is 10.9. The van der Waals surface area contributed by atoms with E-state index < -0.39 is 23.8 Å². The standard InChI is InChI=1S/C18H18FNO4/c1-11-4-6-13(7-5-11)20-17(21)12(2)24-18(22)15-9-8-14(23-3)10-16(15)19/h4-10,12H,1-3H3,(H,20,21)/t12-/m1/s1. The van der Waals surface area contributed by atoms with Crippen molar-refractivity contribution in [2.45, 2.75) is 20.0 Å². The Bertz CT molecular complexity index is 743. The number of rotatable bonds is 5. The molecule has 6 heteroatoms. The number of aryl methyl sites for hydroxylation is 1. The fourth-order valence-electron chi connectivity index (χ4n) is 1.95. The summed E-state index contributed by atoms with van der Waals surface area (Å²) >= 11 is 0. The van der Waals surface area contributed by atoms with Gasteiger partial charge in [-0.1, -0.05) is 17.7 Å². The Morgan fingerprint density at radius 3 is 2.38 bits per heavy atom. The van der Waals surface area contributed by atoms with E-state index in [1.807, 2.05) is 19.1 Å². The van der Waals surface area contributed by atoms with Crippen LogP contribution in [0, 0.1) is 12.7 Å². The van der Waals surface area contributed by atoms with Crippen LogP contribution < -0.4 is 10.1 Å². The Morgan fingerprint density at radius 2 is 1.79 bits per heavy atom. The van der Waals surface area contributed by atoms with Gasteiger partial charge >= 0.3 is 5.97 Å². The number of anilines is 1. The molecule has 0 fully saturated rings. The zero-order chi connectivity index (χ0) is 17.7. The highest BCUT2D eigenvalue weighted by Crippen LogP contribution is 2.18. The van der Waals surface area contributed by atoms with Gasteiger partial charge in [-0.25, -0.2) is 9.18 Å². The molecular formula is C18H18FNO4. The predicted molar refractivity (Wildman–Crippen MR) is 87.6 cm³/mol. The minimum absolute atomic E-state index is 0.259. The molecule has 2 aromatic carbocycles. The van der Waals surface area contributed by atoms with Crippen molar-refractivity contribution in [1.29, 1.82) is 0 Å². The van der Waals surface area contributed by atoms with Gasteiger partial charge in [0, 0.05) is 11.8 Å². The van der Waals surface area contributed by atoms with Crippen molar-refractivity contribution in [2.24, 2.45) is 0 Å². The molecule has 0 aliphatic carbocycles. The highest BCUT2D eigenvalue weighted by Gasteiger charge is 2.21. The Labute approximate surface area is 139 Å². The third kappa shape index (κ3) is 4.32. The Balaban J connectivity index is 2.00. The van der Waals surface area contributed by atoms with E-state index >= 15 is 0 Å². The lowest BCUT2D eigenvalue weighted by Gasteiger charge is -2.14. The number of benzene rings is 2. The van der Waals surface area contributed by atoms with Gasteiger partial charge in [0.1, 0.15) is 11.6 Å². The second kappa shape index (κ2) is 7.59. The molecular weight excluding hydrogens is 313 g/mol. The average molecular weight is 331 g/mol. The van der Waals surface area contributed by atoms with Gasteiger partial charge in [0.2, 0.25) is 0 Å². The Hall–Kier alpha value is -2.89. The van der Waals surface area contributed by atoms with Crippen molar-refractivity contribution in [3.05, 3.63) is 59.4 Å². The number of nitrogens with one attached hydrogen (secondary N) is 1. The SMILES string of the molecule is COc1ccc(C(=O)O[C@H](C)C(=O)Nc2ccc(C)cc2)c(F)c1. The average Bonchev–Trinajstić information content (AvgIpc) is 2.56. The monoisotopic (exact) mass is 331 g/mol. The number of halogens is 1. The van der Waals surface area contributed by atoms with Crippen molar-refractivity contribution in [2.75, 3.05) is 12.4 Å². The van der Waals surface area contributed by atoms with Crippen molar-refractivity contribution in [1.82, 2.24) is 0 Å². The predicted octanol–water partition coefficient (Wildman–Crippen LogP) is 3.33. The lowest BCUT2D eigenvalue weighted by Crippen LogP contribution is -2.30. The molecule has 1 atom stereocenters. The van der Waals surface area contributed by atoms with Crippen LogP contribution >= 0.6 is 0 Å². The maximum atomic E-state index is 13.8. The van der Waals surface area contributed by atoms with Crippen molar-refractivity contribution >= 4 is 17.6 Å². The second-order valence-corrected chi connectivity index (χ2v) is 5.25. The number of ether oxygens (including phenoxy) is 2. The molecule has 2 aromatic rings. The lowest BCUT2D eigenvalue weighted by atomic mass is 10.2. The van der Waals surface area contributed by atoms with Crippen LogP contribution in [0.15, 0.2) is 42.5 Å². The van der Waals surface area contributed by atoms with E-state index in [0.29, 0.717) is 5.69 Å². The van der Waals surface area contributed by atoms with E-state index in [9.17, 15) is 14.0 Å². The molecule has 0 aromatic heterocycles. The molecule has 0 spiro atoms. The van der Waals surface area contributed by atoms with Crippen LogP contribution in [0.4, 0.5) is 10.1 Å². The highest BCUT2D eigenvalue weighted by atomic mass is 19.1. The molecule has 1 N–H and O–H groups in total. The van der Waals surface area contributed by atoms with Gasteiger partial charge in [0.05, 0.1) is 12.7 Å². The fourth-order valence-corrected chi connectivity index (χ4v) is 1.95. The molecule has 0 saturated heterocycles. The smallest absolute Gasteiger partial charge is 0.341 e. The fraction of sp³-hybridized carbons (Fsp3) is 0.222. The maximum absolute atomic E-state index is 13.8. The molecule has 0 bridgehead atoms. The molecule has 24 heavy (non-hydrogen) atoms. The summed E-state index contributed by atoms with van der Waals surface area (Å²) in [6.45, 7) is 3.35. The minimum Gasteiger partial charge on any atom is -0.497 e. The van der Waals surface area contributed by atoms with E-state index in [1.165, 1.54) is 26.2 Å². The zero-order valence-corrected chi connectivity index (χ0v) is 13.6. The summed E-state index contributed by atoms with van der Waals surface area (Å²) in [7, 11) is 1.39. The summed E-state index contributed by atoms with van der Waals surface area (Å²) in [5.41, 5.74) is 1.39. The molecule has 0 radical (unpaired) electrons. The molecule has 0 unspecified atom stereocenters. The summed E-state index contributed by atoms with van der Waals surface area (Å²) < 4.78 is 23.7. The molecule has 0 aliphatic rings. The minimum atomic E-state index is -1.07. The molecule has 0 aliphatic heterocycles. The maximum Gasteiger partial charge on any atom is 0.341 e. The summed E-state index contributed by atoms with van der Waals surface area (Å²) in [5, 5.41) is 2.63. The van der Waals surface area contributed by atoms with Gasteiger partial charge in [-0.05, 0) is 38.1 Å². The number of carbonyl (C=O) groups excluding carboxylic acids is 2. The zero-order valence-electron chi connectivity index (χ0n) is 13.6. The van der Waals surface area contributed by atoms with E-state index in [2.05, 4.69) is 5.32 Å². The van der Waals surface area contributed by atoms with Crippen LogP contribution in [0.25, 0.3) is 0 Å². The van der Waals surface area contributed by atoms with Gasteiger partial charge in [-0.3, -0.25) is 4.79 Å². The first-order chi connectivity index (χ1) is 11.4. The molecule has 0 heterocycles. The van der Waals surface area contributed by atoms with Crippen molar-refractivity contribution < 1.29 is 23.5 Å². The molecule has 5 nitrogen and oxygen atoms in total. The van der Waals surface area contributed by atoms with Crippen LogP contribution in [0.3, 0.4) is 0 Å². The van der Waals surface area contributed by atoms with Gasteiger partial charge in [-0.15, -0.1) is 0 Å². The van der Waals surface area contributed by atoms with Crippen LogP contribution in [-0.2, 0) is 9.53 Å². The van der Waals surface area contributed by atoms with Crippen molar-refractivity contribution in [3.8, 4) is 5.75 Å². The van der Waals surface area contributed by atoms with Crippen LogP contribution in [0.2, 0.25) is 0 Å². The molecule has 1 amide bonds. The van der Waals surface area contributed by atoms with Gasteiger partial charge < -0.3 is 14.8 Å². The highest BCUT2D eigenvalue weighted by molar-refractivity contribution is 5.97. The quantitative estimate of drug-likeness (QED) is 0.854. The number of esters is 1. The molecule has 0 saturated carbocycles. The number of carbonyl (C=O) groups is 2. The second-order valence-electron chi connectivity index (χ2n) is 5.25.